The maximum absolute atomic E-state index is 12.0. The second-order valence-corrected chi connectivity index (χ2v) is 7.62. The molecule has 0 aromatic heterocycles. The van der Waals surface area contributed by atoms with E-state index in [0.717, 1.165) is 0 Å². The van der Waals surface area contributed by atoms with Gasteiger partial charge in [0.1, 0.15) is 10.6 Å². The molecular formula is C16H16ClNO4S. The van der Waals surface area contributed by atoms with Gasteiger partial charge in [-0.3, -0.25) is 4.79 Å². The number of rotatable bonds is 4. The van der Waals surface area contributed by atoms with Crippen molar-refractivity contribution in [1.82, 2.24) is 4.90 Å². The van der Waals surface area contributed by atoms with E-state index in [1.807, 2.05) is 0 Å². The van der Waals surface area contributed by atoms with E-state index in [0.29, 0.717) is 16.7 Å². The SMILES string of the molecule is COc1ccc(-c2cccc(C(=O)N(C)C)c2)cc1S(=O)(=O)Cl. The van der Waals surface area contributed by atoms with Crippen molar-refractivity contribution in [2.75, 3.05) is 21.2 Å². The maximum Gasteiger partial charge on any atom is 0.265 e. The molecule has 0 radical (unpaired) electrons. The summed E-state index contributed by atoms with van der Waals surface area (Å²) in [6, 6.07) is 11.6. The first-order valence-corrected chi connectivity index (χ1v) is 9.00. The smallest absolute Gasteiger partial charge is 0.265 e. The van der Waals surface area contributed by atoms with Gasteiger partial charge in [-0.2, -0.15) is 0 Å². The lowest BCUT2D eigenvalue weighted by Gasteiger charge is -2.12. The minimum atomic E-state index is -3.94. The van der Waals surface area contributed by atoms with Crippen molar-refractivity contribution in [3.8, 4) is 16.9 Å². The van der Waals surface area contributed by atoms with E-state index < -0.39 is 9.05 Å². The summed E-state index contributed by atoms with van der Waals surface area (Å²) in [5.41, 5.74) is 1.85. The number of halogens is 1. The summed E-state index contributed by atoms with van der Waals surface area (Å²) in [7, 11) is 6.22. The Morgan fingerprint density at radius 3 is 2.30 bits per heavy atom. The molecule has 5 nitrogen and oxygen atoms in total. The highest BCUT2D eigenvalue weighted by atomic mass is 35.7. The van der Waals surface area contributed by atoms with Gasteiger partial charge in [0.15, 0.2) is 0 Å². The van der Waals surface area contributed by atoms with Gasteiger partial charge < -0.3 is 9.64 Å². The van der Waals surface area contributed by atoms with Crippen LogP contribution in [0.2, 0.25) is 0 Å². The maximum atomic E-state index is 12.0. The molecule has 0 spiro atoms. The fourth-order valence-electron chi connectivity index (χ4n) is 2.14. The Kier molecular flexibility index (Phi) is 4.97. The zero-order valence-electron chi connectivity index (χ0n) is 12.9. The molecule has 23 heavy (non-hydrogen) atoms. The topological polar surface area (TPSA) is 63.7 Å². The minimum Gasteiger partial charge on any atom is -0.495 e. The van der Waals surface area contributed by atoms with Crippen LogP contribution < -0.4 is 4.74 Å². The summed E-state index contributed by atoms with van der Waals surface area (Å²) in [6.07, 6.45) is 0. The third-order valence-corrected chi connectivity index (χ3v) is 4.62. The molecule has 0 bridgehead atoms. The van der Waals surface area contributed by atoms with Crippen LogP contribution in [0.3, 0.4) is 0 Å². The van der Waals surface area contributed by atoms with Gasteiger partial charge in [0, 0.05) is 30.3 Å². The molecular weight excluding hydrogens is 338 g/mol. The summed E-state index contributed by atoms with van der Waals surface area (Å²) < 4.78 is 28.4. The molecule has 7 heteroatoms. The number of hydrogen-bond donors (Lipinski definition) is 0. The summed E-state index contributed by atoms with van der Waals surface area (Å²) >= 11 is 0. The normalized spacial score (nSPS) is 11.1. The van der Waals surface area contributed by atoms with Crippen molar-refractivity contribution in [3.63, 3.8) is 0 Å². The zero-order valence-corrected chi connectivity index (χ0v) is 14.5. The number of methoxy groups -OCH3 is 1. The molecule has 0 aliphatic heterocycles. The summed E-state index contributed by atoms with van der Waals surface area (Å²) in [4.78, 5) is 13.4. The van der Waals surface area contributed by atoms with Gasteiger partial charge in [0.25, 0.3) is 15.0 Å². The van der Waals surface area contributed by atoms with E-state index in [1.54, 1.807) is 44.4 Å². The Bertz CT molecular complexity index is 847. The van der Waals surface area contributed by atoms with Crippen LogP contribution in [0.25, 0.3) is 11.1 Å². The summed E-state index contributed by atoms with van der Waals surface area (Å²) in [6.45, 7) is 0. The van der Waals surface area contributed by atoms with Crippen molar-refractivity contribution >= 4 is 25.6 Å². The van der Waals surface area contributed by atoms with Crippen molar-refractivity contribution in [2.24, 2.45) is 0 Å². The number of nitrogens with zero attached hydrogens (tertiary/aromatic N) is 1. The molecule has 0 fully saturated rings. The highest BCUT2D eigenvalue weighted by molar-refractivity contribution is 8.13. The zero-order chi connectivity index (χ0) is 17.2. The Hall–Kier alpha value is -2.05. The second-order valence-electron chi connectivity index (χ2n) is 5.08. The fraction of sp³-hybridized carbons (Fsp3) is 0.188. The van der Waals surface area contributed by atoms with Crippen molar-refractivity contribution in [2.45, 2.75) is 4.90 Å². The van der Waals surface area contributed by atoms with Crippen LogP contribution in [0.4, 0.5) is 0 Å². The lowest BCUT2D eigenvalue weighted by atomic mass is 10.0. The Morgan fingerprint density at radius 1 is 1.09 bits per heavy atom. The number of hydrogen-bond acceptors (Lipinski definition) is 4. The molecule has 0 saturated heterocycles. The second kappa shape index (κ2) is 6.60. The van der Waals surface area contributed by atoms with Gasteiger partial charge in [-0.05, 0) is 35.4 Å². The Labute approximate surface area is 139 Å². The van der Waals surface area contributed by atoms with E-state index in [-0.39, 0.29) is 16.6 Å². The van der Waals surface area contributed by atoms with E-state index in [9.17, 15) is 13.2 Å². The number of amides is 1. The predicted octanol–water partition coefficient (Wildman–Crippen LogP) is 2.99. The van der Waals surface area contributed by atoms with E-state index in [4.69, 9.17) is 15.4 Å². The van der Waals surface area contributed by atoms with E-state index in [1.165, 1.54) is 24.1 Å². The molecule has 2 aromatic rings. The largest absolute Gasteiger partial charge is 0.495 e. The van der Waals surface area contributed by atoms with Crippen LogP contribution in [-0.4, -0.2) is 40.4 Å². The molecule has 0 heterocycles. The van der Waals surface area contributed by atoms with Crippen LogP contribution >= 0.6 is 10.7 Å². The van der Waals surface area contributed by atoms with E-state index in [2.05, 4.69) is 0 Å². The standard InChI is InChI=1S/C16H16ClNO4S/c1-18(2)16(19)13-6-4-5-11(9-13)12-7-8-14(22-3)15(10-12)23(17,20)21/h4-10H,1-3H3. The number of ether oxygens (including phenoxy) is 1. The van der Waals surface area contributed by atoms with Crippen molar-refractivity contribution in [3.05, 3.63) is 48.0 Å². The molecule has 0 saturated carbocycles. The van der Waals surface area contributed by atoms with Gasteiger partial charge in [0.05, 0.1) is 7.11 Å². The van der Waals surface area contributed by atoms with Crippen LogP contribution in [0.15, 0.2) is 47.4 Å². The third-order valence-electron chi connectivity index (χ3n) is 3.28. The Morgan fingerprint density at radius 2 is 1.74 bits per heavy atom. The average molecular weight is 354 g/mol. The average Bonchev–Trinajstić information content (AvgIpc) is 2.52. The molecule has 0 atom stereocenters. The van der Waals surface area contributed by atoms with Gasteiger partial charge in [-0.25, -0.2) is 8.42 Å². The monoisotopic (exact) mass is 353 g/mol. The molecule has 122 valence electrons. The molecule has 0 aliphatic rings. The third kappa shape index (κ3) is 3.83. The quantitative estimate of drug-likeness (QED) is 0.793. The number of carbonyl (C=O) groups excluding carboxylic acids is 1. The minimum absolute atomic E-state index is 0.108. The van der Waals surface area contributed by atoms with Crippen LogP contribution in [-0.2, 0) is 9.05 Å². The van der Waals surface area contributed by atoms with Gasteiger partial charge in [0.2, 0.25) is 0 Å². The van der Waals surface area contributed by atoms with Gasteiger partial charge >= 0.3 is 0 Å². The molecule has 0 N–H and O–H groups in total. The van der Waals surface area contributed by atoms with Gasteiger partial charge in [-0.1, -0.05) is 18.2 Å². The highest BCUT2D eigenvalue weighted by Gasteiger charge is 2.18. The van der Waals surface area contributed by atoms with Crippen LogP contribution in [0.5, 0.6) is 5.75 Å². The van der Waals surface area contributed by atoms with Crippen molar-refractivity contribution in [1.29, 1.82) is 0 Å². The first-order valence-electron chi connectivity index (χ1n) is 6.69. The predicted molar refractivity (Wildman–Crippen MR) is 89.5 cm³/mol. The van der Waals surface area contributed by atoms with E-state index >= 15 is 0 Å². The molecule has 2 aromatic carbocycles. The first kappa shape index (κ1) is 17.3. The van der Waals surface area contributed by atoms with Crippen LogP contribution in [0.1, 0.15) is 10.4 Å². The molecule has 0 aliphatic carbocycles. The fourth-order valence-corrected chi connectivity index (χ4v) is 3.16. The first-order chi connectivity index (χ1) is 10.7. The van der Waals surface area contributed by atoms with Crippen LogP contribution in [0, 0.1) is 0 Å². The summed E-state index contributed by atoms with van der Waals surface area (Å²) in [5.74, 6) is 0.0369. The highest BCUT2D eigenvalue weighted by Crippen LogP contribution is 2.32. The molecule has 1 amide bonds. The lowest BCUT2D eigenvalue weighted by Crippen LogP contribution is -2.21. The Balaban J connectivity index is 2.55. The molecule has 0 unspecified atom stereocenters. The number of benzene rings is 2. The lowest BCUT2D eigenvalue weighted by molar-refractivity contribution is 0.0827. The van der Waals surface area contributed by atoms with Gasteiger partial charge in [-0.15, -0.1) is 0 Å². The van der Waals surface area contributed by atoms with Crippen molar-refractivity contribution < 1.29 is 17.9 Å². The number of carbonyl (C=O) groups is 1. The summed E-state index contributed by atoms with van der Waals surface area (Å²) in [5, 5.41) is 0. The molecule has 2 rings (SSSR count).